The van der Waals surface area contributed by atoms with E-state index in [2.05, 4.69) is 36.5 Å². The summed E-state index contributed by atoms with van der Waals surface area (Å²) >= 11 is 12.2. The number of hydrogen-bond acceptors (Lipinski definition) is 5. The summed E-state index contributed by atoms with van der Waals surface area (Å²) < 4.78 is 11.9. The summed E-state index contributed by atoms with van der Waals surface area (Å²) in [5, 5.41) is 5.55. The highest BCUT2D eigenvalue weighted by atomic mass is 35.5. The third-order valence-electron chi connectivity index (χ3n) is 7.46. The van der Waals surface area contributed by atoms with Crippen molar-refractivity contribution in [3.63, 3.8) is 0 Å². The van der Waals surface area contributed by atoms with E-state index in [1.165, 1.54) is 6.08 Å². The molecular formula is C36H26Cl2N2O5. The lowest BCUT2D eigenvalue weighted by molar-refractivity contribution is -0.122. The van der Waals surface area contributed by atoms with Crippen molar-refractivity contribution in [2.75, 3.05) is 4.90 Å². The molecule has 7 nitrogen and oxygen atoms in total. The van der Waals surface area contributed by atoms with E-state index in [1.54, 1.807) is 66.7 Å². The molecule has 0 radical (unpaired) electrons. The molecule has 0 unspecified atom stereocenters. The number of rotatable bonds is 8. The first-order chi connectivity index (χ1) is 21.8. The van der Waals surface area contributed by atoms with Gasteiger partial charge in [-0.1, -0.05) is 77.8 Å². The van der Waals surface area contributed by atoms with E-state index in [9.17, 15) is 14.4 Å². The molecule has 9 heteroatoms. The number of nitrogens with one attached hydrogen (secondary N) is 1. The van der Waals surface area contributed by atoms with Crippen molar-refractivity contribution in [3.8, 4) is 11.5 Å². The number of imide groups is 2. The number of barbiturate groups is 1. The minimum absolute atomic E-state index is 0.174. The fourth-order valence-electron chi connectivity index (χ4n) is 5.00. The molecule has 0 aliphatic carbocycles. The van der Waals surface area contributed by atoms with E-state index in [0.717, 1.165) is 32.4 Å². The summed E-state index contributed by atoms with van der Waals surface area (Å²) in [4.78, 5) is 39.6. The molecule has 45 heavy (non-hydrogen) atoms. The van der Waals surface area contributed by atoms with E-state index < -0.39 is 17.8 Å². The Bertz CT molecular complexity index is 1970. The number of aryl methyl sites for hydroxylation is 1. The average Bonchev–Trinajstić information content (AvgIpc) is 3.03. The summed E-state index contributed by atoms with van der Waals surface area (Å²) in [6.45, 7) is 2.65. The molecule has 0 saturated carbocycles. The first-order valence-corrected chi connectivity index (χ1v) is 14.8. The predicted molar refractivity (Wildman–Crippen MR) is 176 cm³/mol. The Morgan fingerprint density at radius 3 is 2.20 bits per heavy atom. The zero-order valence-electron chi connectivity index (χ0n) is 24.1. The van der Waals surface area contributed by atoms with Crippen molar-refractivity contribution in [2.45, 2.75) is 20.1 Å². The molecule has 0 atom stereocenters. The molecule has 6 rings (SSSR count). The summed E-state index contributed by atoms with van der Waals surface area (Å²) in [6, 6.07) is 30.1. The maximum atomic E-state index is 13.4. The molecule has 1 fully saturated rings. The van der Waals surface area contributed by atoms with Crippen LogP contribution in [0.4, 0.5) is 10.5 Å². The quantitative estimate of drug-likeness (QED) is 0.137. The third-order valence-corrected chi connectivity index (χ3v) is 8.04. The molecule has 224 valence electrons. The first kappa shape index (κ1) is 29.9. The van der Waals surface area contributed by atoms with E-state index >= 15 is 0 Å². The lowest BCUT2D eigenvalue weighted by Crippen LogP contribution is -2.54. The van der Waals surface area contributed by atoms with E-state index in [1.807, 2.05) is 12.1 Å². The van der Waals surface area contributed by atoms with Crippen LogP contribution in [-0.2, 0) is 22.8 Å². The van der Waals surface area contributed by atoms with Gasteiger partial charge in [-0.2, -0.15) is 0 Å². The molecule has 1 aliphatic rings. The zero-order valence-corrected chi connectivity index (χ0v) is 25.6. The fraction of sp³-hybridized carbons (Fsp3) is 0.0833. The summed E-state index contributed by atoms with van der Waals surface area (Å²) in [7, 11) is 0. The molecule has 0 bridgehead atoms. The van der Waals surface area contributed by atoms with Crippen LogP contribution in [0.25, 0.3) is 16.8 Å². The molecular weight excluding hydrogens is 611 g/mol. The van der Waals surface area contributed by atoms with Crippen molar-refractivity contribution in [1.82, 2.24) is 5.32 Å². The van der Waals surface area contributed by atoms with Crippen molar-refractivity contribution < 1.29 is 23.9 Å². The van der Waals surface area contributed by atoms with Gasteiger partial charge >= 0.3 is 6.03 Å². The summed E-state index contributed by atoms with van der Waals surface area (Å²) in [6.07, 6.45) is 1.45. The second-order valence-electron chi connectivity index (χ2n) is 10.4. The monoisotopic (exact) mass is 636 g/mol. The summed E-state index contributed by atoms with van der Waals surface area (Å²) in [5.74, 6) is -0.370. The van der Waals surface area contributed by atoms with Gasteiger partial charge in [0.15, 0.2) is 0 Å². The molecule has 1 heterocycles. The number of amides is 4. The number of ether oxygens (including phenoxy) is 2. The van der Waals surface area contributed by atoms with Crippen LogP contribution in [0.3, 0.4) is 0 Å². The topological polar surface area (TPSA) is 84.9 Å². The second kappa shape index (κ2) is 12.9. The van der Waals surface area contributed by atoms with Crippen LogP contribution in [0.1, 0.15) is 22.3 Å². The number of nitrogens with zero attached hydrogens (tertiary/aromatic N) is 1. The number of halogens is 2. The fourth-order valence-corrected chi connectivity index (χ4v) is 5.47. The Balaban J connectivity index is 1.14. The highest BCUT2D eigenvalue weighted by Crippen LogP contribution is 2.28. The number of carbonyl (C=O) groups is 3. The van der Waals surface area contributed by atoms with Gasteiger partial charge in [-0.15, -0.1) is 0 Å². The van der Waals surface area contributed by atoms with Gasteiger partial charge < -0.3 is 9.47 Å². The maximum absolute atomic E-state index is 13.4. The maximum Gasteiger partial charge on any atom is 0.335 e. The summed E-state index contributed by atoms with van der Waals surface area (Å²) in [5.41, 5.74) is 3.71. The van der Waals surface area contributed by atoms with Crippen molar-refractivity contribution in [3.05, 3.63) is 141 Å². The number of carbonyl (C=O) groups excluding carboxylic acids is 3. The van der Waals surface area contributed by atoms with E-state index in [0.29, 0.717) is 33.7 Å². The zero-order chi connectivity index (χ0) is 31.5. The Kier molecular flexibility index (Phi) is 8.56. The molecule has 0 spiro atoms. The SMILES string of the molecule is Cc1ccc2ccccc2c1COc1ccc(/C=C2\C(=O)NC(=O)N(c3ccc(OCc4ccc(Cl)cc4Cl)cc3)C2=O)cc1. The van der Waals surface area contributed by atoms with Crippen molar-refractivity contribution in [2.24, 2.45) is 0 Å². The predicted octanol–water partition coefficient (Wildman–Crippen LogP) is 8.28. The van der Waals surface area contributed by atoms with Crippen molar-refractivity contribution in [1.29, 1.82) is 0 Å². The number of benzene rings is 5. The van der Waals surface area contributed by atoms with Crippen LogP contribution >= 0.6 is 23.2 Å². The minimum atomic E-state index is -0.837. The van der Waals surface area contributed by atoms with Gasteiger partial charge in [0.05, 0.1) is 5.69 Å². The van der Waals surface area contributed by atoms with Crippen LogP contribution < -0.4 is 19.7 Å². The molecule has 5 aromatic carbocycles. The minimum Gasteiger partial charge on any atom is -0.489 e. The Morgan fingerprint density at radius 2 is 1.47 bits per heavy atom. The molecule has 1 saturated heterocycles. The van der Waals surface area contributed by atoms with Gasteiger partial charge in [0.2, 0.25) is 0 Å². The van der Waals surface area contributed by atoms with Crippen LogP contribution in [0, 0.1) is 6.92 Å². The highest BCUT2D eigenvalue weighted by molar-refractivity contribution is 6.39. The third kappa shape index (κ3) is 6.55. The molecule has 1 aliphatic heterocycles. The number of hydrogen-bond donors (Lipinski definition) is 1. The second-order valence-corrected chi connectivity index (χ2v) is 11.3. The van der Waals surface area contributed by atoms with Crippen LogP contribution in [0.5, 0.6) is 11.5 Å². The van der Waals surface area contributed by atoms with Gasteiger partial charge in [0.1, 0.15) is 30.3 Å². The smallest absolute Gasteiger partial charge is 0.335 e. The van der Waals surface area contributed by atoms with Gasteiger partial charge in [-0.05, 0) is 83.4 Å². The average molecular weight is 638 g/mol. The number of urea groups is 1. The molecule has 4 amide bonds. The van der Waals surface area contributed by atoms with E-state index in [-0.39, 0.29) is 17.9 Å². The van der Waals surface area contributed by atoms with Crippen molar-refractivity contribution >= 4 is 63.6 Å². The highest BCUT2D eigenvalue weighted by Gasteiger charge is 2.36. The lowest BCUT2D eigenvalue weighted by atomic mass is 10.0. The Hall–Kier alpha value is -5.11. The van der Waals surface area contributed by atoms with E-state index in [4.69, 9.17) is 32.7 Å². The number of anilines is 1. The molecule has 5 aromatic rings. The van der Waals surface area contributed by atoms with Crippen LogP contribution in [0.2, 0.25) is 10.0 Å². The lowest BCUT2D eigenvalue weighted by Gasteiger charge is -2.26. The van der Waals surface area contributed by atoms with Gasteiger partial charge in [-0.25, -0.2) is 9.69 Å². The standard InChI is InChI=1S/C36H26Cl2N2O5/c1-22-6-9-24-4-2-3-5-30(24)32(22)21-45-28-14-7-23(8-15-28)18-31-34(41)39-36(43)40(35(31)42)27-12-16-29(17-13-27)44-20-25-10-11-26(37)19-33(25)38/h2-19H,20-21H2,1H3,(H,39,41,43)/b31-18+. The Labute approximate surface area is 269 Å². The first-order valence-electron chi connectivity index (χ1n) is 14.1. The Morgan fingerprint density at radius 1 is 0.778 bits per heavy atom. The van der Waals surface area contributed by atoms with Gasteiger partial charge in [0.25, 0.3) is 11.8 Å². The molecule has 0 aromatic heterocycles. The van der Waals surface area contributed by atoms with Crippen LogP contribution in [-0.4, -0.2) is 17.8 Å². The normalized spacial score (nSPS) is 14.2. The number of fused-ring (bicyclic) bond motifs is 1. The largest absolute Gasteiger partial charge is 0.489 e. The van der Waals surface area contributed by atoms with Gasteiger partial charge in [0, 0.05) is 21.2 Å². The van der Waals surface area contributed by atoms with Crippen LogP contribution in [0.15, 0.2) is 109 Å². The molecule has 1 N–H and O–H groups in total. The van der Waals surface area contributed by atoms with Gasteiger partial charge in [-0.3, -0.25) is 14.9 Å².